The molecule has 3 nitrogen and oxygen atoms in total. The molecule has 0 unspecified atom stereocenters. The van der Waals surface area contributed by atoms with Gasteiger partial charge in [-0.2, -0.15) is 26.3 Å². The van der Waals surface area contributed by atoms with Gasteiger partial charge in [-0.3, -0.25) is 4.98 Å². The highest BCUT2D eigenvalue weighted by atomic mass is 79.9. The average Bonchev–Trinajstić information content (AvgIpc) is 3.19. The van der Waals surface area contributed by atoms with Crippen LogP contribution in [0.5, 0.6) is 0 Å². The topological polar surface area (TPSA) is 37.8 Å². The molecule has 0 radical (unpaired) electrons. The Hall–Kier alpha value is -2.70. The van der Waals surface area contributed by atoms with Gasteiger partial charge in [-0.1, -0.05) is 53.3 Å². The fraction of sp³-hybridized carbons (Fsp3) is 0.167. The molecule has 0 amide bonds. The maximum atomic E-state index is 14.6. The van der Waals surface area contributed by atoms with E-state index in [1.807, 2.05) is 0 Å². The molecular weight excluding hydrogens is 611 g/mol. The molecule has 1 N–H and O–H groups in total. The van der Waals surface area contributed by atoms with Gasteiger partial charge in [0.05, 0.1) is 16.3 Å². The van der Waals surface area contributed by atoms with Crippen LogP contribution in [0.1, 0.15) is 28.1 Å². The Morgan fingerprint density at radius 1 is 0.892 bits per heavy atom. The van der Waals surface area contributed by atoms with Crippen LogP contribution in [0.25, 0.3) is 0 Å². The van der Waals surface area contributed by atoms with Gasteiger partial charge in [-0.25, -0.2) is 9.37 Å². The molecule has 0 aliphatic carbocycles. The average molecular weight is 625 g/mol. The summed E-state index contributed by atoms with van der Waals surface area (Å²) in [6.07, 6.45) is -8.57. The van der Waals surface area contributed by atoms with Crippen LogP contribution in [0.2, 0.25) is 5.02 Å². The Balaban J connectivity index is 2.01. The minimum Gasteiger partial charge on any atom is -0.346 e. The molecule has 0 bridgehead atoms. The molecule has 13 heteroatoms. The molecule has 0 fully saturated rings. The van der Waals surface area contributed by atoms with Crippen LogP contribution in [0.3, 0.4) is 0 Å². The Morgan fingerprint density at radius 3 is 2.14 bits per heavy atom. The fourth-order valence-electron chi connectivity index (χ4n) is 3.76. The first-order valence-electron chi connectivity index (χ1n) is 10.3. The molecule has 2 heterocycles. The standard InChI is InChI=1S/C24H14BrClF7N3S/c25-20-19(24(31,32)33)35-21(37-20)36-22(11-13-4-2-1-3-5-13,18-7-6-16(26)12-34-18)14-8-15(23(28,29)30)10-17(27)9-14/h1-10,12H,11H2,(H,35,36)/t22-/m0/s1. The van der Waals surface area contributed by atoms with Crippen molar-refractivity contribution in [3.8, 4) is 0 Å². The zero-order chi connectivity index (χ0) is 27.0. The Labute approximate surface area is 223 Å². The predicted octanol–water partition coefficient (Wildman–Crippen LogP) is 8.73. The van der Waals surface area contributed by atoms with Crippen molar-refractivity contribution in [2.24, 2.45) is 0 Å². The van der Waals surface area contributed by atoms with E-state index in [1.165, 1.54) is 18.3 Å². The van der Waals surface area contributed by atoms with Gasteiger partial charge in [0.25, 0.3) is 0 Å². The number of nitrogens with zero attached hydrogens (tertiary/aromatic N) is 2. The lowest BCUT2D eigenvalue weighted by Crippen LogP contribution is -2.40. The van der Waals surface area contributed by atoms with E-state index in [0.29, 0.717) is 23.0 Å². The maximum absolute atomic E-state index is 14.6. The largest absolute Gasteiger partial charge is 0.435 e. The molecule has 37 heavy (non-hydrogen) atoms. The van der Waals surface area contributed by atoms with Crippen molar-refractivity contribution in [1.29, 1.82) is 0 Å². The van der Waals surface area contributed by atoms with E-state index >= 15 is 0 Å². The van der Waals surface area contributed by atoms with E-state index in [9.17, 15) is 30.7 Å². The first-order valence-corrected chi connectivity index (χ1v) is 12.3. The summed E-state index contributed by atoms with van der Waals surface area (Å²) in [5.74, 6) is -1.19. The van der Waals surface area contributed by atoms with E-state index in [2.05, 4.69) is 31.2 Å². The minimum absolute atomic E-state index is 0.0827. The minimum atomic E-state index is -4.89. The maximum Gasteiger partial charge on any atom is 0.435 e. The van der Waals surface area contributed by atoms with Crippen LogP contribution in [-0.2, 0) is 24.3 Å². The number of halogens is 9. The second-order valence-corrected chi connectivity index (χ2v) is 10.7. The molecule has 4 aromatic rings. The van der Waals surface area contributed by atoms with Crippen LogP contribution < -0.4 is 5.32 Å². The molecule has 0 saturated carbocycles. The number of nitrogens with one attached hydrogen (secondary N) is 1. The van der Waals surface area contributed by atoms with Crippen molar-refractivity contribution in [3.05, 3.63) is 110 Å². The quantitative estimate of drug-likeness (QED) is 0.218. The molecule has 1 atom stereocenters. The second kappa shape index (κ2) is 10.2. The zero-order valence-corrected chi connectivity index (χ0v) is 21.4. The van der Waals surface area contributed by atoms with E-state index in [-0.39, 0.29) is 31.6 Å². The summed E-state index contributed by atoms with van der Waals surface area (Å²) in [5, 5.41) is 2.81. The van der Waals surface area contributed by atoms with E-state index in [4.69, 9.17) is 11.6 Å². The summed E-state index contributed by atoms with van der Waals surface area (Å²) >= 11 is 9.42. The van der Waals surface area contributed by atoms with Crippen molar-refractivity contribution in [2.75, 3.05) is 5.32 Å². The fourth-order valence-corrected chi connectivity index (χ4v) is 5.44. The first-order chi connectivity index (χ1) is 17.3. The number of rotatable bonds is 6. The molecule has 0 spiro atoms. The lowest BCUT2D eigenvalue weighted by Gasteiger charge is -2.36. The molecule has 2 aromatic carbocycles. The van der Waals surface area contributed by atoms with Crippen LogP contribution in [0, 0.1) is 5.82 Å². The zero-order valence-electron chi connectivity index (χ0n) is 18.3. The number of alkyl halides is 6. The normalized spacial score (nSPS) is 13.9. The van der Waals surface area contributed by atoms with E-state index < -0.39 is 35.0 Å². The SMILES string of the molecule is Fc1cc(C(F)(F)F)cc([C@](Cc2ccccc2)(Nc2nc(C(F)(F)F)c(Br)s2)c2ccc(Cl)cn2)c1. The summed E-state index contributed by atoms with van der Waals surface area (Å²) in [6.45, 7) is 0. The number of thiazole rings is 1. The van der Waals surface area contributed by atoms with Gasteiger partial charge in [0.15, 0.2) is 10.8 Å². The number of aromatic nitrogens is 2. The predicted molar refractivity (Wildman–Crippen MR) is 130 cm³/mol. The van der Waals surface area contributed by atoms with Gasteiger partial charge < -0.3 is 5.32 Å². The summed E-state index contributed by atoms with van der Waals surface area (Å²) in [7, 11) is 0. The van der Waals surface area contributed by atoms with Gasteiger partial charge in [-0.15, -0.1) is 0 Å². The molecular formula is C24H14BrClF7N3S. The van der Waals surface area contributed by atoms with Crippen LogP contribution in [0.4, 0.5) is 35.9 Å². The lowest BCUT2D eigenvalue weighted by atomic mass is 9.80. The number of hydrogen-bond donors (Lipinski definition) is 1. The van der Waals surface area contributed by atoms with Crippen molar-refractivity contribution < 1.29 is 30.7 Å². The molecule has 194 valence electrons. The van der Waals surface area contributed by atoms with Crippen LogP contribution >= 0.6 is 38.9 Å². The molecule has 0 aliphatic rings. The van der Waals surface area contributed by atoms with Crippen molar-refractivity contribution >= 4 is 44.0 Å². The Bertz CT molecular complexity index is 1390. The smallest absolute Gasteiger partial charge is 0.346 e. The Kier molecular flexibility index (Phi) is 7.55. The molecule has 0 aliphatic heterocycles. The second-order valence-electron chi connectivity index (χ2n) is 7.92. The van der Waals surface area contributed by atoms with Gasteiger partial charge in [0.1, 0.15) is 15.1 Å². The van der Waals surface area contributed by atoms with E-state index in [0.717, 1.165) is 12.1 Å². The molecule has 2 aromatic heterocycles. The van der Waals surface area contributed by atoms with Gasteiger partial charge >= 0.3 is 12.4 Å². The summed E-state index contributed by atoms with van der Waals surface area (Å²) in [4.78, 5) is 7.90. The van der Waals surface area contributed by atoms with Crippen molar-refractivity contribution in [2.45, 2.75) is 24.3 Å². The highest BCUT2D eigenvalue weighted by molar-refractivity contribution is 9.11. The Morgan fingerprint density at radius 2 is 1.57 bits per heavy atom. The summed E-state index contributed by atoms with van der Waals surface area (Å²) < 4.78 is 95.7. The van der Waals surface area contributed by atoms with E-state index in [1.54, 1.807) is 30.3 Å². The highest BCUT2D eigenvalue weighted by Gasteiger charge is 2.42. The van der Waals surface area contributed by atoms with Crippen molar-refractivity contribution in [1.82, 2.24) is 9.97 Å². The van der Waals surface area contributed by atoms with Crippen LogP contribution in [-0.4, -0.2) is 9.97 Å². The van der Waals surface area contributed by atoms with Crippen molar-refractivity contribution in [3.63, 3.8) is 0 Å². The van der Waals surface area contributed by atoms with Gasteiger partial charge in [0.2, 0.25) is 0 Å². The third kappa shape index (κ3) is 6.07. The number of pyridine rings is 1. The lowest BCUT2D eigenvalue weighted by molar-refractivity contribution is -0.141. The molecule has 4 rings (SSSR count). The number of hydrogen-bond acceptors (Lipinski definition) is 4. The number of anilines is 1. The van der Waals surface area contributed by atoms with Crippen LogP contribution in [0.15, 0.2) is 70.6 Å². The third-order valence-electron chi connectivity index (χ3n) is 5.37. The summed E-state index contributed by atoms with van der Waals surface area (Å²) in [6, 6.07) is 13.2. The number of benzene rings is 2. The summed E-state index contributed by atoms with van der Waals surface area (Å²) in [5.41, 5.74) is -3.83. The third-order valence-corrected chi connectivity index (χ3v) is 7.21. The first kappa shape index (κ1) is 27.3. The van der Waals surface area contributed by atoms with Gasteiger partial charge in [-0.05, 0) is 57.4 Å². The monoisotopic (exact) mass is 623 g/mol. The highest BCUT2D eigenvalue weighted by Crippen LogP contribution is 2.44. The van der Waals surface area contributed by atoms with Gasteiger partial charge in [0, 0.05) is 12.6 Å². The molecule has 0 saturated heterocycles.